The summed E-state index contributed by atoms with van der Waals surface area (Å²) in [5.41, 5.74) is 1.97. The molecule has 1 heterocycles. The van der Waals surface area contributed by atoms with E-state index >= 15 is 0 Å². The molecule has 0 spiro atoms. The lowest BCUT2D eigenvalue weighted by atomic mass is 9.95. The average Bonchev–Trinajstić information content (AvgIpc) is 3.00. The molecule has 0 saturated carbocycles. The fraction of sp³-hybridized carbons (Fsp3) is 0.292. The van der Waals surface area contributed by atoms with Crippen molar-refractivity contribution in [3.8, 4) is 5.75 Å². The molecule has 2 aromatic carbocycles. The van der Waals surface area contributed by atoms with E-state index in [1.54, 1.807) is 49.6 Å². The molecular formula is C24H24BrNO6. The van der Waals surface area contributed by atoms with Crippen LogP contribution in [0.5, 0.6) is 5.75 Å². The molecule has 0 radical (unpaired) electrons. The van der Waals surface area contributed by atoms with Gasteiger partial charge < -0.3 is 19.5 Å². The lowest BCUT2D eigenvalue weighted by Gasteiger charge is -2.25. The summed E-state index contributed by atoms with van der Waals surface area (Å²) in [5.74, 6) is -1.75. The number of aryl methyl sites for hydroxylation is 1. The zero-order chi connectivity index (χ0) is 23.4. The third-order valence-electron chi connectivity index (χ3n) is 5.18. The highest BCUT2D eigenvalue weighted by molar-refractivity contribution is 9.10. The zero-order valence-corrected chi connectivity index (χ0v) is 19.6. The standard InChI is InChI=1S/C24H24BrNO6/c1-14-13-17(7-10-19(14)25)22(28)20-21(16-5-8-18(9-6-16)32-15(2)27)26(11-4-12-31-3)24(30)23(20)29/h5-10,13,21,28H,4,11-12H2,1-3H3/b22-20-. The van der Waals surface area contributed by atoms with Crippen molar-refractivity contribution in [3.63, 3.8) is 0 Å². The third kappa shape index (κ3) is 4.92. The van der Waals surface area contributed by atoms with E-state index in [2.05, 4.69) is 15.9 Å². The summed E-state index contributed by atoms with van der Waals surface area (Å²) in [6.45, 7) is 3.88. The first-order valence-corrected chi connectivity index (χ1v) is 10.9. The summed E-state index contributed by atoms with van der Waals surface area (Å²) in [7, 11) is 1.56. The summed E-state index contributed by atoms with van der Waals surface area (Å²) >= 11 is 3.43. The normalized spacial score (nSPS) is 17.6. The molecular weight excluding hydrogens is 478 g/mol. The van der Waals surface area contributed by atoms with Crippen LogP contribution in [-0.4, -0.2) is 47.9 Å². The molecule has 1 fully saturated rings. The van der Waals surface area contributed by atoms with E-state index in [1.165, 1.54) is 11.8 Å². The smallest absolute Gasteiger partial charge is 0.308 e. The molecule has 1 saturated heterocycles. The van der Waals surface area contributed by atoms with Gasteiger partial charge in [0, 0.05) is 37.2 Å². The van der Waals surface area contributed by atoms with Crippen molar-refractivity contribution in [2.45, 2.75) is 26.3 Å². The quantitative estimate of drug-likeness (QED) is 0.153. The molecule has 0 aromatic heterocycles. The van der Waals surface area contributed by atoms with Gasteiger partial charge in [-0.15, -0.1) is 0 Å². The van der Waals surface area contributed by atoms with Gasteiger partial charge in [-0.05, 0) is 48.7 Å². The van der Waals surface area contributed by atoms with Crippen molar-refractivity contribution in [2.24, 2.45) is 0 Å². The molecule has 7 nitrogen and oxygen atoms in total. The fourth-order valence-electron chi connectivity index (χ4n) is 3.67. The van der Waals surface area contributed by atoms with Crippen LogP contribution in [-0.2, 0) is 19.1 Å². The van der Waals surface area contributed by atoms with Crippen molar-refractivity contribution >= 4 is 39.3 Å². The molecule has 1 amide bonds. The number of aliphatic hydroxyl groups is 1. The van der Waals surface area contributed by atoms with Crippen molar-refractivity contribution in [3.05, 3.63) is 69.2 Å². The van der Waals surface area contributed by atoms with Crippen LogP contribution >= 0.6 is 15.9 Å². The Morgan fingerprint density at radius 2 is 1.84 bits per heavy atom. The Bertz CT molecular complexity index is 1080. The summed E-state index contributed by atoms with van der Waals surface area (Å²) < 4.78 is 11.0. The van der Waals surface area contributed by atoms with Gasteiger partial charge in [0.25, 0.3) is 11.7 Å². The Labute approximate surface area is 194 Å². The zero-order valence-electron chi connectivity index (χ0n) is 18.1. The first-order valence-electron chi connectivity index (χ1n) is 10.1. The number of esters is 1. The van der Waals surface area contributed by atoms with Gasteiger partial charge >= 0.3 is 5.97 Å². The Balaban J connectivity index is 2.10. The van der Waals surface area contributed by atoms with Gasteiger partial charge in [0.1, 0.15) is 11.5 Å². The predicted molar refractivity (Wildman–Crippen MR) is 122 cm³/mol. The van der Waals surface area contributed by atoms with Crippen molar-refractivity contribution in [1.82, 2.24) is 4.90 Å². The fourth-order valence-corrected chi connectivity index (χ4v) is 3.91. The summed E-state index contributed by atoms with van der Waals surface area (Å²) in [6.07, 6.45) is 0.531. The number of Topliss-reactive ketones (excluding diaryl/α,β-unsaturated/α-hetero) is 1. The number of aliphatic hydroxyl groups excluding tert-OH is 1. The van der Waals surface area contributed by atoms with Gasteiger partial charge in [-0.25, -0.2) is 0 Å². The van der Waals surface area contributed by atoms with E-state index in [0.717, 1.165) is 10.0 Å². The maximum absolute atomic E-state index is 13.0. The van der Waals surface area contributed by atoms with E-state index in [1.807, 2.05) is 6.92 Å². The second-order valence-electron chi connectivity index (χ2n) is 7.47. The number of benzene rings is 2. The molecule has 1 aliphatic heterocycles. The summed E-state index contributed by atoms with van der Waals surface area (Å²) in [4.78, 5) is 38.5. The number of carbonyl (C=O) groups is 3. The Hall–Kier alpha value is -2.97. The van der Waals surface area contributed by atoms with Crippen molar-refractivity contribution < 1.29 is 29.0 Å². The second-order valence-corrected chi connectivity index (χ2v) is 8.32. The van der Waals surface area contributed by atoms with Crippen molar-refractivity contribution in [1.29, 1.82) is 0 Å². The highest BCUT2D eigenvalue weighted by Gasteiger charge is 2.45. The molecule has 3 rings (SSSR count). The van der Waals surface area contributed by atoms with E-state index in [-0.39, 0.29) is 17.9 Å². The number of hydrogen-bond acceptors (Lipinski definition) is 6. The molecule has 1 aliphatic rings. The van der Waals surface area contributed by atoms with Crippen molar-refractivity contribution in [2.75, 3.05) is 20.3 Å². The maximum Gasteiger partial charge on any atom is 0.308 e. The van der Waals surface area contributed by atoms with Gasteiger partial charge in [0.15, 0.2) is 0 Å². The van der Waals surface area contributed by atoms with Gasteiger partial charge in [-0.3, -0.25) is 14.4 Å². The predicted octanol–water partition coefficient (Wildman–Crippen LogP) is 4.14. The molecule has 0 bridgehead atoms. The van der Waals surface area contributed by atoms with Crippen LogP contribution in [0.2, 0.25) is 0 Å². The molecule has 8 heteroatoms. The van der Waals surface area contributed by atoms with Crippen LogP contribution in [0.25, 0.3) is 5.76 Å². The topological polar surface area (TPSA) is 93.1 Å². The van der Waals surface area contributed by atoms with Crippen LogP contribution in [0.4, 0.5) is 0 Å². The molecule has 1 atom stereocenters. The molecule has 1 unspecified atom stereocenters. The van der Waals surface area contributed by atoms with Gasteiger partial charge in [-0.1, -0.05) is 34.1 Å². The summed E-state index contributed by atoms with van der Waals surface area (Å²) in [5, 5.41) is 11.1. The summed E-state index contributed by atoms with van der Waals surface area (Å²) in [6, 6.07) is 11.0. The molecule has 1 N–H and O–H groups in total. The van der Waals surface area contributed by atoms with Gasteiger partial charge in [-0.2, -0.15) is 0 Å². The van der Waals surface area contributed by atoms with Crippen LogP contribution < -0.4 is 4.74 Å². The highest BCUT2D eigenvalue weighted by atomic mass is 79.9. The Morgan fingerprint density at radius 1 is 1.16 bits per heavy atom. The van der Waals surface area contributed by atoms with Gasteiger partial charge in [0.2, 0.25) is 0 Å². The first kappa shape index (κ1) is 23.7. The number of hydrogen-bond donors (Lipinski definition) is 1. The van der Waals surface area contributed by atoms with Crippen LogP contribution in [0.1, 0.15) is 36.1 Å². The number of rotatable bonds is 7. The van der Waals surface area contributed by atoms with Gasteiger partial charge in [0.05, 0.1) is 11.6 Å². The van der Waals surface area contributed by atoms with E-state index in [4.69, 9.17) is 9.47 Å². The maximum atomic E-state index is 13.0. The second kappa shape index (κ2) is 10.1. The lowest BCUT2D eigenvalue weighted by Crippen LogP contribution is -2.31. The average molecular weight is 502 g/mol. The number of carbonyl (C=O) groups excluding carboxylic acids is 3. The number of ether oxygens (including phenoxy) is 2. The molecule has 0 aliphatic carbocycles. The van der Waals surface area contributed by atoms with Crippen LogP contribution in [0.3, 0.4) is 0 Å². The number of methoxy groups -OCH3 is 1. The number of ketones is 1. The van der Waals surface area contributed by atoms with Crippen LogP contribution in [0.15, 0.2) is 52.5 Å². The number of nitrogens with zero attached hydrogens (tertiary/aromatic N) is 1. The molecule has 168 valence electrons. The third-order valence-corrected chi connectivity index (χ3v) is 6.07. The first-order chi connectivity index (χ1) is 15.2. The monoisotopic (exact) mass is 501 g/mol. The largest absolute Gasteiger partial charge is 0.507 e. The highest BCUT2D eigenvalue weighted by Crippen LogP contribution is 2.40. The number of likely N-dealkylation sites (tertiary alicyclic amines) is 1. The molecule has 32 heavy (non-hydrogen) atoms. The van der Waals surface area contributed by atoms with E-state index < -0.39 is 23.7 Å². The minimum absolute atomic E-state index is 0.0226. The van der Waals surface area contributed by atoms with E-state index in [9.17, 15) is 19.5 Å². The molecule has 2 aromatic rings. The lowest BCUT2D eigenvalue weighted by molar-refractivity contribution is -0.140. The minimum atomic E-state index is -0.776. The van der Waals surface area contributed by atoms with E-state index in [0.29, 0.717) is 29.9 Å². The number of amides is 1. The SMILES string of the molecule is COCCCN1C(=O)C(=O)/C(=C(\O)c2ccc(Br)c(C)c2)C1c1ccc(OC(C)=O)cc1. The number of halogens is 1. The minimum Gasteiger partial charge on any atom is -0.507 e. The Kier molecular flexibility index (Phi) is 7.48. The Morgan fingerprint density at radius 3 is 2.44 bits per heavy atom. The van der Waals surface area contributed by atoms with Crippen LogP contribution in [0, 0.1) is 6.92 Å².